The third-order valence-electron chi connectivity index (χ3n) is 13.0. The van der Waals surface area contributed by atoms with Gasteiger partial charge in [0.2, 0.25) is 24.4 Å². The van der Waals surface area contributed by atoms with Gasteiger partial charge in [-0.05, 0) is 94.6 Å². The van der Waals surface area contributed by atoms with E-state index in [-0.39, 0.29) is 74.5 Å². The molecule has 58 heavy (non-hydrogen) atoms. The predicted octanol–water partition coefficient (Wildman–Crippen LogP) is 3.00. The topological polar surface area (TPSA) is 261 Å². The van der Waals surface area contributed by atoms with Gasteiger partial charge in [0.15, 0.2) is 12.4 Å². The highest BCUT2D eigenvalue weighted by molar-refractivity contribution is 6.01. The zero-order valence-corrected chi connectivity index (χ0v) is 34.1. The van der Waals surface area contributed by atoms with Crippen LogP contribution in [-0.2, 0) is 47.7 Å². The zero-order chi connectivity index (χ0) is 42.8. The van der Waals surface area contributed by atoms with Crippen LogP contribution in [0.2, 0.25) is 0 Å². The largest absolute Gasteiger partial charge is 0.511 e. The van der Waals surface area contributed by atoms with E-state index in [0.29, 0.717) is 32.1 Å². The average Bonchev–Trinajstić information content (AvgIpc) is 3.44. The number of hydrogen-bond acceptors (Lipinski definition) is 14. The van der Waals surface area contributed by atoms with E-state index >= 15 is 0 Å². The molecule has 0 aromatic rings. The summed E-state index contributed by atoms with van der Waals surface area (Å²) in [6.07, 6.45) is 9.48. The number of nitrogens with one attached hydrogen (secondary N) is 1. The highest BCUT2D eigenvalue weighted by Crippen LogP contribution is 2.67. The van der Waals surface area contributed by atoms with Crippen LogP contribution >= 0.6 is 0 Å². The van der Waals surface area contributed by atoms with Gasteiger partial charge in [-0.15, -0.1) is 0 Å². The minimum absolute atomic E-state index is 0.0354. The lowest BCUT2D eigenvalue weighted by atomic mass is 9.46. The van der Waals surface area contributed by atoms with E-state index in [1.54, 1.807) is 19.1 Å². The number of Topliss-reactive ketones (excluding diaryl/α,β-unsaturated/α-hetero) is 1. The Balaban J connectivity index is 1.10. The molecule has 4 aliphatic rings. The molecule has 0 radical (unpaired) electrons. The highest BCUT2D eigenvalue weighted by atomic mass is 16.8. The summed E-state index contributed by atoms with van der Waals surface area (Å²) in [6.45, 7) is 6.38. The van der Waals surface area contributed by atoms with Crippen LogP contribution in [0.15, 0.2) is 36.0 Å². The lowest BCUT2D eigenvalue weighted by Gasteiger charge is -2.59. The van der Waals surface area contributed by atoms with Crippen molar-refractivity contribution >= 4 is 41.5 Å². The first kappa shape index (κ1) is 46.3. The number of amides is 2. The van der Waals surface area contributed by atoms with Gasteiger partial charge in [-0.1, -0.05) is 44.6 Å². The van der Waals surface area contributed by atoms with Crippen molar-refractivity contribution in [1.82, 2.24) is 5.32 Å². The fourth-order valence-electron chi connectivity index (χ4n) is 9.73. The van der Waals surface area contributed by atoms with Crippen molar-refractivity contribution in [3.05, 3.63) is 36.0 Å². The molecule has 0 heterocycles. The first-order valence-corrected chi connectivity index (χ1v) is 20.3. The van der Waals surface area contributed by atoms with Gasteiger partial charge in [0.05, 0.1) is 18.9 Å². The van der Waals surface area contributed by atoms with E-state index < -0.39 is 83.8 Å². The third kappa shape index (κ3) is 10.8. The molecule has 16 heteroatoms. The molecule has 3 unspecified atom stereocenters. The molecule has 0 aliphatic heterocycles. The predicted molar refractivity (Wildman–Crippen MR) is 208 cm³/mol. The van der Waals surface area contributed by atoms with Gasteiger partial charge in [0.1, 0.15) is 17.7 Å². The molecule has 322 valence electrons. The average molecular weight is 816 g/mol. The first-order chi connectivity index (χ1) is 27.4. The number of ether oxygens (including phenoxy) is 4. The maximum Gasteiger partial charge on any atom is 0.511 e. The van der Waals surface area contributed by atoms with Crippen LogP contribution in [0.5, 0.6) is 0 Å². The van der Waals surface area contributed by atoms with Crippen LogP contribution in [0.25, 0.3) is 0 Å². The van der Waals surface area contributed by atoms with E-state index in [1.807, 2.05) is 32.1 Å². The number of unbranched alkanes of at least 4 members (excludes halogenated alkanes) is 1. The molecule has 16 nitrogen and oxygen atoms in total. The number of primary amides is 1. The van der Waals surface area contributed by atoms with Crippen LogP contribution < -0.4 is 16.8 Å². The van der Waals surface area contributed by atoms with Gasteiger partial charge in [0.25, 0.3) is 0 Å². The summed E-state index contributed by atoms with van der Waals surface area (Å²) >= 11 is 0. The van der Waals surface area contributed by atoms with Crippen molar-refractivity contribution in [2.75, 3.05) is 19.9 Å². The summed E-state index contributed by atoms with van der Waals surface area (Å²) in [4.78, 5) is 86.1. The molecular formula is C42H61N3O13. The van der Waals surface area contributed by atoms with Crippen molar-refractivity contribution in [2.24, 2.45) is 46.0 Å². The normalized spacial score (nSPS) is 30.1. The number of carbonyl (C=O) groups excluding carboxylic acids is 7. The summed E-state index contributed by atoms with van der Waals surface area (Å²) in [5, 5.41) is 26.1. The molecule has 0 bridgehead atoms. The molecule has 4 rings (SSSR count). The number of nitrogens with two attached hydrogens (primary N) is 2. The number of carbonyl (C=O) groups is 7. The van der Waals surface area contributed by atoms with Crippen molar-refractivity contribution in [3.8, 4) is 0 Å². The summed E-state index contributed by atoms with van der Waals surface area (Å²) in [5.41, 5.74) is 8.95. The molecule has 0 saturated heterocycles. The van der Waals surface area contributed by atoms with Gasteiger partial charge < -0.3 is 45.9 Å². The highest BCUT2D eigenvalue weighted by Gasteiger charge is 2.68. The molecule has 3 fully saturated rings. The summed E-state index contributed by atoms with van der Waals surface area (Å²) in [6, 6.07) is -1.02. The molecule has 4 aliphatic carbocycles. The molecule has 0 aromatic heterocycles. The van der Waals surface area contributed by atoms with Gasteiger partial charge in [-0.3, -0.25) is 28.8 Å². The molecule has 2 amide bonds. The summed E-state index contributed by atoms with van der Waals surface area (Å²) < 4.78 is 20.1. The number of ketones is 2. The Morgan fingerprint density at radius 1 is 1.07 bits per heavy atom. The fraction of sp³-hybridized carbons (Fsp3) is 0.690. The van der Waals surface area contributed by atoms with Gasteiger partial charge in [0, 0.05) is 29.7 Å². The number of fused-ring (bicyclic) bond motifs is 5. The van der Waals surface area contributed by atoms with E-state index in [1.165, 1.54) is 0 Å². The van der Waals surface area contributed by atoms with Crippen LogP contribution in [0.3, 0.4) is 0 Å². The van der Waals surface area contributed by atoms with Crippen LogP contribution in [-0.4, -0.2) is 95.5 Å². The molecule has 0 spiro atoms. The Morgan fingerprint density at radius 3 is 2.52 bits per heavy atom. The monoisotopic (exact) mass is 815 g/mol. The minimum atomic E-state index is -1.79. The summed E-state index contributed by atoms with van der Waals surface area (Å²) in [7, 11) is 0. The van der Waals surface area contributed by atoms with E-state index in [2.05, 4.69) is 12.2 Å². The molecule has 7 N–H and O–H groups in total. The standard InChI is InChI=1S/C42H61N3O13/c1-5-6-9-25(2)32(21-34(44)49)58-39(53)57-24-56-38(52)30(43)10-7-8-19-45-35(50)13-14-36(51)55-23-33(48)42(54)18-16-29-28-12-11-26-20-27(46)15-17-40(26,3)37(28)31(47)22-41(29,42)4/h5-6,15,17,20,25,28-32,37,47,54H,7-14,16,18-19,21-24,43H2,1-4H3,(H2,44,49)(H,45,50)/b6-5+/t25-,28?,29?,30-,31+,32+,37?,40+,41+,42+/m1/s1. The Kier molecular flexibility index (Phi) is 16.0. The molecular weight excluding hydrogens is 754 g/mol. The Hall–Kier alpha value is -4.41. The van der Waals surface area contributed by atoms with Crippen LogP contribution in [0, 0.1) is 34.5 Å². The summed E-state index contributed by atoms with van der Waals surface area (Å²) in [5.74, 6) is -3.69. The van der Waals surface area contributed by atoms with E-state index in [0.717, 1.165) is 12.0 Å². The SMILES string of the molecule is C/C=C/C[C@@H](C)[C@H](CC(N)=O)OC(=O)OCOC(=O)[C@H](N)CCCCNC(=O)CCC(=O)OCC(=O)[C@@]1(O)CCC2C3CCC4=CC(=O)C=C[C@]4(C)C3[C@@H](O)C[C@@]21C. The van der Waals surface area contributed by atoms with Gasteiger partial charge in [-0.2, -0.15) is 0 Å². The molecule has 0 aromatic carbocycles. The van der Waals surface area contributed by atoms with E-state index in [9.17, 15) is 43.8 Å². The maximum atomic E-state index is 13.5. The number of aliphatic hydroxyl groups is 2. The van der Waals surface area contributed by atoms with Gasteiger partial charge in [-0.25, -0.2) is 4.79 Å². The Bertz CT molecular complexity index is 1660. The van der Waals surface area contributed by atoms with Crippen molar-refractivity contribution in [2.45, 2.75) is 129 Å². The van der Waals surface area contributed by atoms with Crippen molar-refractivity contribution < 1.29 is 62.7 Å². The second-order valence-electron chi connectivity index (χ2n) is 16.7. The lowest BCUT2D eigenvalue weighted by Crippen LogP contribution is -2.61. The second-order valence-corrected chi connectivity index (χ2v) is 16.7. The lowest BCUT2D eigenvalue weighted by molar-refractivity contribution is -0.181. The van der Waals surface area contributed by atoms with Crippen LogP contribution in [0.4, 0.5) is 4.79 Å². The number of aliphatic hydroxyl groups excluding tert-OH is 1. The van der Waals surface area contributed by atoms with Crippen molar-refractivity contribution in [1.29, 1.82) is 0 Å². The van der Waals surface area contributed by atoms with Crippen LogP contribution in [0.1, 0.15) is 105 Å². The zero-order valence-electron chi connectivity index (χ0n) is 34.1. The number of esters is 2. The Labute approximate surface area is 339 Å². The van der Waals surface area contributed by atoms with Crippen molar-refractivity contribution in [3.63, 3.8) is 0 Å². The van der Waals surface area contributed by atoms with Gasteiger partial charge >= 0.3 is 18.1 Å². The van der Waals surface area contributed by atoms with E-state index in [4.69, 9.17) is 30.4 Å². The molecule has 3 saturated carbocycles. The molecule has 10 atom stereocenters. The fourth-order valence-corrected chi connectivity index (χ4v) is 9.73. The number of allylic oxidation sites excluding steroid dienone is 6. The quantitative estimate of drug-likeness (QED) is 0.0389. The third-order valence-corrected chi connectivity index (χ3v) is 13.0. The number of rotatable bonds is 20. The smallest absolute Gasteiger partial charge is 0.458 e. The first-order valence-electron chi connectivity index (χ1n) is 20.3. The second kappa shape index (κ2) is 20.0. The number of hydrogen-bond donors (Lipinski definition) is 5. The maximum absolute atomic E-state index is 13.5. The minimum Gasteiger partial charge on any atom is -0.458 e. The Morgan fingerprint density at radius 2 is 1.81 bits per heavy atom.